The molecule has 0 amide bonds. The van der Waals surface area contributed by atoms with Crippen molar-refractivity contribution in [1.29, 1.82) is 0 Å². The van der Waals surface area contributed by atoms with Crippen molar-refractivity contribution in [1.82, 2.24) is 4.90 Å². The molecule has 0 spiro atoms. The van der Waals surface area contributed by atoms with Gasteiger partial charge in [-0.2, -0.15) is 0 Å². The van der Waals surface area contributed by atoms with Crippen LogP contribution in [0.15, 0.2) is 30.3 Å². The van der Waals surface area contributed by atoms with Crippen molar-refractivity contribution in [3.05, 3.63) is 35.9 Å². The summed E-state index contributed by atoms with van der Waals surface area (Å²) in [5.74, 6) is 0. The fourth-order valence-corrected chi connectivity index (χ4v) is 1.60. The lowest BCUT2D eigenvalue weighted by Gasteiger charge is -2.26. The Hall–Kier alpha value is -1.39. The van der Waals surface area contributed by atoms with Gasteiger partial charge in [0.25, 0.3) is 6.47 Å². The van der Waals surface area contributed by atoms with Gasteiger partial charge in [-0.05, 0) is 5.56 Å². The first-order valence-electron chi connectivity index (χ1n) is 5.28. The molecule has 4 nitrogen and oxygen atoms in total. The van der Waals surface area contributed by atoms with Gasteiger partial charge in [-0.1, -0.05) is 30.3 Å². The van der Waals surface area contributed by atoms with Gasteiger partial charge in [-0.25, -0.2) is 0 Å². The molecule has 1 aliphatic heterocycles. The average Bonchev–Trinajstić information content (AvgIpc) is 2.33. The van der Waals surface area contributed by atoms with Crippen molar-refractivity contribution < 1.29 is 14.6 Å². The minimum atomic E-state index is -0.250. The molecule has 1 aliphatic rings. The molecule has 1 heterocycles. The van der Waals surface area contributed by atoms with Gasteiger partial charge in [-0.3, -0.25) is 9.69 Å². The summed E-state index contributed by atoms with van der Waals surface area (Å²) in [7, 11) is 0. The largest absolute Gasteiger partial charge is 0.483 e. The van der Waals surface area contributed by atoms with Crippen molar-refractivity contribution in [3.63, 3.8) is 0 Å². The minimum Gasteiger partial charge on any atom is -0.483 e. The molecule has 16 heavy (non-hydrogen) atoms. The van der Waals surface area contributed by atoms with E-state index in [2.05, 4.69) is 35.2 Å². The molecule has 1 aromatic rings. The molecule has 0 radical (unpaired) electrons. The van der Waals surface area contributed by atoms with E-state index in [-0.39, 0.29) is 6.47 Å². The summed E-state index contributed by atoms with van der Waals surface area (Å²) >= 11 is 0. The molecule has 4 heteroatoms. The van der Waals surface area contributed by atoms with E-state index in [1.54, 1.807) is 0 Å². The van der Waals surface area contributed by atoms with Crippen LogP contribution in [0.4, 0.5) is 0 Å². The number of rotatable bonds is 2. The number of nitrogens with zero attached hydrogens (tertiary/aromatic N) is 1. The molecular formula is C12H17NO3. The van der Waals surface area contributed by atoms with E-state index in [0.29, 0.717) is 0 Å². The molecule has 0 saturated carbocycles. The van der Waals surface area contributed by atoms with Crippen molar-refractivity contribution >= 4 is 6.47 Å². The Bertz CT molecular complexity index is 284. The summed E-state index contributed by atoms with van der Waals surface area (Å²) in [6, 6.07) is 10.6. The van der Waals surface area contributed by atoms with Crippen LogP contribution in [0.2, 0.25) is 0 Å². The smallest absolute Gasteiger partial charge is 0.290 e. The molecule has 1 aromatic carbocycles. The van der Waals surface area contributed by atoms with Crippen LogP contribution in [0.5, 0.6) is 0 Å². The number of carbonyl (C=O) groups is 1. The SMILES string of the molecule is O=CO.c1ccc(CN2CCOCC2)cc1. The summed E-state index contributed by atoms with van der Waals surface area (Å²) < 4.78 is 5.30. The van der Waals surface area contributed by atoms with Crippen molar-refractivity contribution in [2.24, 2.45) is 0 Å². The van der Waals surface area contributed by atoms with Gasteiger partial charge in [0, 0.05) is 19.6 Å². The second-order valence-corrected chi connectivity index (χ2v) is 3.48. The van der Waals surface area contributed by atoms with Gasteiger partial charge >= 0.3 is 0 Å². The predicted octanol–water partition coefficient (Wildman–Crippen LogP) is 1.22. The van der Waals surface area contributed by atoms with Gasteiger partial charge in [-0.15, -0.1) is 0 Å². The number of hydrogen-bond acceptors (Lipinski definition) is 3. The van der Waals surface area contributed by atoms with Crippen molar-refractivity contribution in [2.45, 2.75) is 6.54 Å². The fourth-order valence-electron chi connectivity index (χ4n) is 1.60. The average molecular weight is 223 g/mol. The Morgan fingerprint density at radius 2 is 1.81 bits per heavy atom. The topological polar surface area (TPSA) is 49.8 Å². The van der Waals surface area contributed by atoms with Gasteiger partial charge in [0.15, 0.2) is 0 Å². The molecule has 0 unspecified atom stereocenters. The van der Waals surface area contributed by atoms with Crippen LogP contribution in [0.3, 0.4) is 0 Å². The lowest BCUT2D eigenvalue weighted by molar-refractivity contribution is -0.122. The number of morpholine rings is 1. The zero-order valence-electron chi connectivity index (χ0n) is 9.21. The second-order valence-electron chi connectivity index (χ2n) is 3.48. The molecule has 0 atom stereocenters. The normalized spacial score (nSPS) is 16.0. The van der Waals surface area contributed by atoms with Gasteiger partial charge in [0.2, 0.25) is 0 Å². The third kappa shape index (κ3) is 4.91. The summed E-state index contributed by atoms with van der Waals surface area (Å²) in [6.07, 6.45) is 0. The van der Waals surface area contributed by atoms with E-state index in [0.717, 1.165) is 32.8 Å². The molecule has 0 bridgehead atoms. The molecule has 1 fully saturated rings. The third-order valence-electron chi connectivity index (χ3n) is 2.35. The first-order chi connectivity index (χ1) is 7.86. The van der Waals surface area contributed by atoms with Crippen LogP contribution in [-0.4, -0.2) is 42.8 Å². The van der Waals surface area contributed by atoms with Gasteiger partial charge < -0.3 is 9.84 Å². The van der Waals surface area contributed by atoms with Crippen molar-refractivity contribution in [2.75, 3.05) is 26.3 Å². The quantitative estimate of drug-likeness (QED) is 0.766. The number of ether oxygens (including phenoxy) is 1. The Balaban J connectivity index is 0.000000386. The molecule has 0 aromatic heterocycles. The molecule has 2 rings (SSSR count). The highest BCUT2D eigenvalue weighted by molar-refractivity contribution is 5.32. The Kier molecular flexibility index (Phi) is 6.22. The number of carboxylic acid groups (broad SMARTS) is 1. The highest BCUT2D eigenvalue weighted by Gasteiger charge is 2.09. The van der Waals surface area contributed by atoms with Crippen LogP contribution < -0.4 is 0 Å². The highest BCUT2D eigenvalue weighted by Crippen LogP contribution is 2.05. The molecule has 88 valence electrons. The van der Waals surface area contributed by atoms with E-state index in [4.69, 9.17) is 14.6 Å². The van der Waals surface area contributed by atoms with Crippen LogP contribution in [0, 0.1) is 0 Å². The van der Waals surface area contributed by atoms with E-state index in [9.17, 15) is 0 Å². The minimum absolute atomic E-state index is 0.250. The summed E-state index contributed by atoms with van der Waals surface area (Å²) in [6.45, 7) is 4.70. The zero-order chi connectivity index (χ0) is 11.6. The van der Waals surface area contributed by atoms with Crippen LogP contribution in [0.1, 0.15) is 5.56 Å². The first-order valence-corrected chi connectivity index (χ1v) is 5.28. The first kappa shape index (κ1) is 12.7. The summed E-state index contributed by atoms with van der Waals surface area (Å²) in [5, 5.41) is 6.89. The highest BCUT2D eigenvalue weighted by atomic mass is 16.5. The van der Waals surface area contributed by atoms with E-state index >= 15 is 0 Å². The summed E-state index contributed by atoms with van der Waals surface area (Å²) in [5.41, 5.74) is 1.39. The molecule has 0 aliphatic carbocycles. The maximum Gasteiger partial charge on any atom is 0.290 e. The molecular weight excluding hydrogens is 206 g/mol. The molecule has 1 saturated heterocycles. The van der Waals surface area contributed by atoms with Crippen LogP contribution in [-0.2, 0) is 16.1 Å². The third-order valence-corrected chi connectivity index (χ3v) is 2.35. The van der Waals surface area contributed by atoms with Gasteiger partial charge in [0.1, 0.15) is 0 Å². The van der Waals surface area contributed by atoms with E-state index in [1.165, 1.54) is 5.56 Å². The standard InChI is InChI=1S/C11H15NO.CH2O2/c1-2-4-11(5-3-1)10-12-6-8-13-9-7-12;2-1-3/h1-5H,6-10H2;1H,(H,2,3). The number of hydrogen-bond donors (Lipinski definition) is 1. The van der Waals surface area contributed by atoms with E-state index < -0.39 is 0 Å². The lowest BCUT2D eigenvalue weighted by atomic mass is 10.2. The Labute approximate surface area is 95.5 Å². The lowest BCUT2D eigenvalue weighted by Crippen LogP contribution is -2.35. The Morgan fingerprint density at radius 1 is 1.25 bits per heavy atom. The zero-order valence-corrected chi connectivity index (χ0v) is 9.21. The fraction of sp³-hybridized carbons (Fsp3) is 0.417. The maximum atomic E-state index is 8.36. The van der Waals surface area contributed by atoms with Crippen LogP contribution in [0.25, 0.3) is 0 Å². The second kappa shape index (κ2) is 7.84. The predicted molar refractivity (Wildman–Crippen MR) is 61.2 cm³/mol. The monoisotopic (exact) mass is 223 g/mol. The van der Waals surface area contributed by atoms with Crippen LogP contribution >= 0.6 is 0 Å². The van der Waals surface area contributed by atoms with Gasteiger partial charge in [0.05, 0.1) is 13.2 Å². The molecule has 1 N–H and O–H groups in total. The van der Waals surface area contributed by atoms with E-state index in [1.807, 2.05) is 0 Å². The Morgan fingerprint density at radius 3 is 2.38 bits per heavy atom. The maximum absolute atomic E-state index is 8.36. The number of benzene rings is 1. The summed E-state index contributed by atoms with van der Waals surface area (Å²) in [4.78, 5) is 10.8. The van der Waals surface area contributed by atoms with Crippen molar-refractivity contribution in [3.8, 4) is 0 Å².